The van der Waals surface area contributed by atoms with Crippen molar-refractivity contribution in [3.8, 4) is 0 Å². The largest absolute Gasteiger partial charge is 0.399 e. The average molecular weight is 148 g/mol. The van der Waals surface area contributed by atoms with Gasteiger partial charge in [0.25, 0.3) is 0 Å². The summed E-state index contributed by atoms with van der Waals surface area (Å²) in [6, 6.07) is 8.89. The highest BCUT2D eigenvalue weighted by atomic mass is 14.5. The van der Waals surface area contributed by atoms with Gasteiger partial charge in [0, 0.05) is 5.69 Å². The zero-order valence-corrected chi connectivity index (χ0v) is 7.09. The first-order chi connectivity index (χ1) is 5.18. The summed E-state index contributed by atoms with van der Waals surface area (Å²) in [5, 5.41) is 0. The lowest BCUT2D eigenvalue weighted by Crippen LogP contribution is -1.95. The van der Waals surface area contributed by atoms with Crippen LogP contribution in [0.3, 0.4) is 0 Å². The van der Waals surface area contributed by atoms with E-state index in [1.54, 1.807) is 0 Å². The molecule has 0 bridgehead atoms. The second-order valence-electron chi connectivity index (χ2n) is 3.25. The molecule has 0 aliphatic carbocycles. The minimum atomic E-state index is 0.674. The molecule has 1 aromatic rings. The molecule has 1 nitrogen and oxygen atoms in total. The van der Waals surface area contributed by atoms with Gasteiger partial charge in [0.05, 0.1) is 0 Å². The maximum atomic E-state index is 5.61. The van der Waals surface area contributed by atoms with Gasteiger partial charge in [-0.05, 0) is 36.1 Å². The van der Waals surface area contributed by atoms with Crippen LogP contribution >= 0.6 is 0 Å². The molecule has 1 heteroatoms. The lowest BCUT2D eigenvalue weighted by molar-refractivity contribution is 0.647. The van der Waals surface area contributed by atoms with Crippen LogP contribution in [0.2, 0.25) is 0 Å². The Balaban J connectivity index is 2.71. The van der Waals surface area contributed by atoms with E-state index in [1.807, 2.05) is 18.2 Å². The molecule has 0 spiro atoms. The van der Waals surface area contributed by atoms with Crippen molar-refractivity contribution in [3.05, 3.63) is 29.8 Å². The third-order valence-corrected chi connectivity index (χ3v) is 1.51. The fourth-order valence-corrected chi connectivity index (χ4v) is 1.09. The molecule has 0 heterocycles. The van der Waals surface area contributed by atoms with E-state index in [1.165, 1.54) is 5.56 Å². The Kier molecular flexibility index (Phi) is 2.53. The van der Waals surface area contributed by atoms with Crippen molar-refractivity contribution >= 4 is 5.69 Å². The summed E-state index contributed by atoms with van der Waals surface area (Å²) in [6.45, 7) is 4.38. The van der Waals surface area contributed by atoms with Crippen LogP contribution in [0.25, 0.3) is 0 Å². The number of benzene rings is 1. The van der Waals surface area contributed by atoms with E-state index < -0.39 is 0 Å². The Hall–Kier alpha value is -0.980. The summed E-state index contributed by atoms with van der Waals surface area (Å²) in [7, 11) is 0. The van der Waals surface area contributed by atoms with Crippen molar-refractivity contribution in [2.45, 2.75) is 20.3 Å². The van der Waals surface area contributed by atoms with Crippen LogP contribution in [0.4, 0.5) is 5.69 Å². The first-order valence-corrected chi connectivity index (χ1v) is 3.94. The van der Waals surface area contributed by atoms with Crippen molar-refractivity contribution in [3.63, 3.8) is 0 Å². The highest BCUT2D eigenvalue weighted by molar-refractivity contribution is 5.40. The van der Waals surface area contributed by atoms with Crippen LogP contribution < -0.4 is 5.73 Å². The lowest BCUT2D eigenvalue weighted by Gasteiger charge is -2.04. The molecule has 0 aliphatic rings. The Bertz CT molecular complexity index is 228. The highest BCUT2D eigenvalue weighted by Gasteiger charge is 1.96. The number of anilines is 1. The van der Waals surface area contributed by atoms with Crippen molar-refractivity contribution < 1.29 is 0 Å². The van der Waals surface area contributed by atoms with Gasteiger partial charge in [-0.25, -0.2) is 0 Å². The number of hydrogen-bond acceptors (Lipinski definition) is 1. The van der Waals surface area contributed by atoms with E-state index in [0.29, 0.717) is 5.92 Å². The molecule has 11 heavy (non-hydrogen) atoms. The van der Waals surface area contributed by atoms with Crippen molar-refractivity contribution in [1.82, 2.24) is 0 Å². The van der Waals surface area contributed by atoms with Gasteiger partial charge in [-0.3, -0.25) is 0 Å². The first kappa shape index (κ1) is 8.12. The molecule has 59 valence electrons. The second kappa shape index (κ2) is 3.42. The topological polar surface area (TPSA) is 26.0 Å². The SMILES string of the molecule is CC(C)Cc1[c]ccc(N)c1. The Morgan fingerprint density at radius 1 is 1.55 bits per heavy atom. The van der Waals surface area contributed by atoms with Crippen LogP contribution in [0.5, 0.6) is 0 Å². The van der Waals surface area contributed by atoms with Crippen molar-refractivity contribution in [2.24, 2.45) is 5.92 Å². The Labute approximate surface area is 68.2 Å². The van der Waals surface area contributed by atoms with Crippen molar-refractivity contribution in [1.29, 1.82) is 0 Å². The summed E-state index contributed by atoms with van der Waals surface area (Å²) < 4.78 is 0. The predicted molar refractivity (Wildman–Crippen MR) is 48.2 cm³/mol. The van der Waals surface area contributed by atoms with E-state index in [2.05, 4.69) is 19.9 Å². The minimum Gasteiger partial charge on any atom is -0.399 e. The van der Waals surface area contributed by atoms with Gasteiger partial charge >= 0.3 is 0 Å². The number of nitrogens with two attached hydrogens (primary N) is 1. The molecule has 2 N–H and O–H groups in total. The van der Waals surface area contributed by atoms with Gasteiger partial charge in [0.1, 0.15) is 0 Å². The number of nitrogen functional groups attached to an aromatic ring is 1. The maximum Gasteiger partial charge on any atom is 0.0317 e. The summed E-state index contributed by atoms with van der Waals surface area (Å²) in [6.07, 6.45) is 1.06. The molecule has 1 radical (unpaired) electrons. The van der Waals surface area contributed by atoms with E-state index in [0.717, 1.165) is 12.1 Å². The van der Waals surface area contributed by atoms with E-state index in [4.69, 9.17) is 5.73 Å². The normalized spacial score (nSPS) is 10.5. The van der Waals surface area contributed by atoms with E-state index in [-0.39, 0.29) is 0 Å². The quantitative estimate of drug-likeness (QED) is 0.640. The third-order valence-electron chi connectivity index (χ3n) is 1.51. The molecular formula is C10H14N. The van der Waals surface area contributed by atoms with Crippen LogP contribution in [0.1, 0.15) is 19.4 Å². The summed E-state index contributed by atoms with van der Waals surface area (Å²) in [5.74, 6) is 0.674. The molecule has 0 aliphatic heterocycles. The standard InChI is InChI=1S/C10H14N/c1-8(2)6-9-4-3-5-10(11)7-9/h3,5,7-8H,6,11H2,1-2H3. The molecule has 0 saturated carbocycles. The first-order valence-electron chi connectivity index (χ1n) is 3.94. The van der Waals surface area contributed by atoms with Gasteiger partial charge in [0.2, 0.25) is 0 Å². The highest BCUT2D eigenvalue weighted by Crippen LogP contribution is 2.10. The lowest BCUT2D eigenvalue weighted by atomic mass is 10.0. The van der Waals surface area contributed by atoms with Gasteiger partial charge < -0.3 is 5.73 Å². The van der Waals surface area contributed by atoms with Gasteiger partial charge in [-0.2, -0.15) is 0 Å². The zero-order chi connectivity index (χ0) is 8.27. The molecule has 0 saturated heterocycles. The van der Waals surface area contributed by atoms with Crippen molar-refractivity contribution in [2.75, 3.05) is 5.73 Å². The number of rotatable bonds is 2. The summed E-state index contributed by atoms with van der Waals surface area (Å²) in [4.78, 5) is 0. The third kappa shape index (κ3) is 2.62. The van der Waals surface area contributed by atoms with Crippen LogP contribution in [0.15, 0.2) is 18.2 Å². The predicted octanol–water partition coefficient (Wildman–Crippen LogP) is 2.27. The van der Waals surface area contributed by atoms with Crippen LogP contribution in [-0.4, -0.2) is 0 Å². The molecule has 0 unspecified atom stereocenters. The maximum absolute atomic E-state index is 5.61. The molecule has 1 rings (SSSR count). The smallest absolute Gasteiger partial charge is 0.0317 e. The molecular weight excluding hydrogens is 134 g/mol. The molecule has 0 aromatic heterocycles. The Morgan fingerprint density at radius 2 is 2.27 bits per heavy atom. The molecule has 0 amide bonds. The van der Waals surface area contributed by atoms with Gasteiger partial charge in [-0.1, -0.05) is 19.9 Å². The van der Waals surface area contributed by atoms with Gasteiger partial charge in [-0.15, -0.1) is 0 Å². The monoisotopic (exact) mass is 148 g/mol. The summed E-state index contributed by atoms with van der Waals surface area (Å²) in [5.41, 5.74) is 7.66. The van der Waals surface area contributed by atoms with E-state index >= 15 is 0 Å². The molecule has 0 atom stereocenters. The average Bonchev–Trinajstić information content (AvgIpc) is 1.85. The van der Waals surface area contributed by atoms with E-state index in [9.17, 15) is 0 Å². The van der Waals surface area contributed by atoms with Gasteiger partial charge in [0.15, 0.2) is 0 Å². The molecule has 0 fully saturated rings. The Morgan fingerprint density at radius 3 is 2.82 bits per heavy atom. The van der Waals surface area contributed by atoms with Crippen LogP contribution in [0, 0.1) is 12.0 Å². The minimum absolute atomic E-state index is 0.674. The fraction of sp³-hybridized carbons (Fsp3) is 0.400. The number of hydrogen-bond donors (Lipinski definition) is 1. The second-order valence-corrected chi connectivity index (χ2v) is 3.25. The molecule has 1 aromatic carbocycles. The summed E-state index contributed by atoms with van der Waals surface area (Å²) >= 11 is 0. The zero-order valence-electron chi connectivity index (χ0n) is 7.09. The van der Waals surface area contributed by atoms with Crippen LogP contribution in [-0.2, 0) is 6.42 Å². The fourth-order valence-electron chi connectivity index (χ4n) is 1.09.